The van der Waals surface area contributed by atoms with E-state index in [1.165, 1.54) is 58.8 Å². The Balaban J connectivity index is 1.70. The Kier molecular flexibility index (Phi) is 2.87. The molecule has 0 saturated heterocycles. The molecule has 132 valence electrons. The third kappa shape index (κ3) is 1.85. The van der Waals surface area contributed by atoms with Crippen molar-refractivity contribution < 1.29 is 0 Å². The van der Waals surface area contributed by atoms with E-state index in [0.717, 1.165) is 19.3 Å². The molecule has 0 nitrogen and oxygen atoms in total. The summed E-state index contributed by atoms with van der Waals surface area (Å²) in [5, 5.41) is 5.80. The van der Waals surface area contributed by atoms with E-state index < -0.39 is 0 Å². The van der Waals surface area contributed by atoms with Crippen LogP contribution in [0, 0.1) is 0 Å². The van der Waals surface area contributed by atoms with Gasteiger partial charge < -0.3 is 0 Å². The quantitative estimate of drug-likeness (QED) is 0.255. The van der Waals surface area contributed by atoms with Crippen LogP contribution in [-0.2, 0) is 12.8 Å². The highest BCUT2D eigenvalue weighted by Crippen LogP contribution is 2.47. The number of aryl methyl sites for hydroxylation is 1. The molecule has 2 aliphatic carbocycles. The van der Waals surface area contributed by atoms with Crippen molar-refractivity contribution in [2.24, 2.45) is 0 Å². The average molecular weight is 375 g/mol. The van der Waals surface area contributed by atoms with Gasteiger partial charge in [0.15, 0.2) is 0 Å². The summed E-state index contributed by atoms with van der Waals surface area (Å²) in [6, 6.07) is 22.8. The average Bonchev–Trinajstić information content (AvgIpc) is 3.31. The van der Waals surface area contributed by atoms with Crippen LogP contribution in [0.25, 0.3) is 48.1 Å². The number of rotatable bonds is 0. The molecule has 28 heavy (non-hydrogen) atoms. The SMILES string of the molecule is C1=Cc2c(c3c4ccccc4sc3c3cc4c(cc23)-c2ccccc2C4)CC1. The lowest BCUT2D eigenvalue weighted by atomic mass is 9.87. The van der Waals surface area contributed by atoms with Crippen molar-refractivity contribution in [3.63, 3.8) is 0 Å². The van der Waals surface area contributed by atoms with Gasteiger partial charge in [-0.3, -0.25) is 0 Å². The molecule has 0 amide bonds. The molecule has 5 aromatic rings. The van der Waals surface area contributed by atoms with E-state index in [2.05, 4.69) is 72.8 Å². The summed E-state index contributed by atoms with van der Waals surface area (Å²) in [6.07, 6.45) is 8.07. The molecule has 7 rings (SSSR count). The van der Waals surface area contributed by atoms with Crippen molar-refractivity contribution in [2.45, 2.75) is 19.3 Å². The fourth-order valence-electron chi connectivity index (χ4n) is 5.31. The highest BCUT2D eigenvalue weighted by molar-refractivity contribution is 7.26. The zero-order valence-corrected chi connectivity index (χ0v) is 16.3. The first-order chi connectivity index (χ1) is 13.9. The Bertz CT molecular complexity index is 1480. The van der Waals surface area contributed by atoms with Crippen molar-refractivity contribution in [3.05, 3.63) is 89.0 Å². The topological polar surface area (TPSA) is 0 Å². The molecule has 0 radical (unpaired) electrons. The van der Waals surface area contributed by atoms with Crippen LogP contribution in [0.1, 0.15) is 28.7 Å². The normalized spacial score (nSPS) is 14.6. The summed E-state index contributed by atoms with van der Waals surface area (Å²) in [5.41, 5.74) is 8.80. The molecule has 0 aliphatic heterocycles. The molecule has 0 unspecified atom stereocenters. The zero-order chi connectivity index (χ0) is 18.2. The van der Waals surface area contributed by atoms with Gasteiger partial charge in [-0.2, -0.15) is 0 Å². The fraction of sp³-hybridized carbons (Fsp3) is 0.111. The van der Waals surface area contributed by atoms with Gasteiger partial charge in [0.05, 0.1) is 0 Å². The maximum atomic E-state index is 2.49. The van der Waals surface area contributed by atoms with Gasteiger partial charge in [0.2, 0.25) is 0 Å². The molecule has 1 aromatic heterocycles. The van der Waals surface area contributed by atoms with E-state index >= 15 is 0 Å². The van der Waals surface area contributed by atoms with E-state index in [-0.39, 0.29) is 0 Å². The van der Waals surface area contributed by atoms with Crippen LogP contribution in [0.15, 0.2) is 66.7 Å². The van der Waals surface area contributed by atoms with E-state index in [1.807, 2.05) is 11.3 Å². The fourth-order valence-corrected chi connectivity index (χ4v) is 6.57. The molecule has 0 atom stereocenters. The van der Waals surface area contributed by atoms with Crippen molar-refractivity contribution in [3.8, 4) is 11.1 Å². The minimum absolute atomic E-state index is 1.06. The Morgan fingerprint density at radius 1 is 0.750 bits per heavy atom. The molecule has 1 heterocycles. The zero-order valence-electron chi connectivity index (χ0n) is 15.5. The molecule has 0 spiro atoms. The van der Waals surface area contributed by atoms with Crippen LogP contribution >= 0.6 is 11.3 Å². The Morgan fingerprint density at radius 2 is 1.64 bits per heavy atom. The minimum atomic E-state index is 1.06. The van der Waals surface area contributed by atoms with Crippen LogP contribution in [0.4, 0.5) is 0 Å². The lowest BCUT2D eigenvalue weighted by Gasteiger charge is -2.17. The summed E-state index contributed by atoms with van der Waals surface area (Å²) in [5.74, 6) is 0. The largest absolute Gasteiger partial charge is 0.135 e. The number of fused-ring (bicyclic) bond motifs is 11. The molecular weight excluding hydrogens is 356 g/mol. The van der Waals surface area contributed by atoms with Crippen molar-refractivity contribution in [2.75, 3.05) is 0 Å². The summed E-state index contributed by atoms with van der Waals surface area (Å²) in [4.78, 5) is 0. The summed E-state index contributed by atoms with van der Waals surface area (Å²) in [7, 11) is 0. The predicted molar refractivity (Wildman–Crippen MR) is 122 cm³/mol. The lowest BCUT2D eigenvalue weighted by molar-refractivity contribution is 1.00. The van der Waals surface area contributed by atoms with Gasteiger partial charge in [-0.25, -0.2) is 0 Å². The second kappa shape index (κ2) is 5.33. The molecule has 4 aromatic carbocycles. The first-order valence-corrected chi connectivity index (χ1v) is 10.9. The molecule has 0 saturated carbocycles. The number of hydrogen-bond donors (Lipinski definition) is 0. The first-order valence-electron chi connectivity index (χ1n) is 10.1. The monoisotopic (exact) mass is 374 g/mol. The van der Waals surface area contributed by atoms with Gasteiger partial charge in [-0.1, -0.05) is 54.6 Å². The van der Waals surface area contributed by atoms with E-state index in [0.29, 0.717) is 0 Å². The van der Waals surface area contributed by atoms with Crippen LogP contribution < -0.4 is 0 Å². The van der Waals surface area contributed by atoms with Gasteiger partial charge >= 0.3 is 0 Å². The molecular formula is C27H18S. The van der Waals surface area contributed by atoms with Gasteiger partial charge in [0, 0.05) is 25.6 Å². The number of benzene rings is 4. The van der Waals surface area contributed by atoms with Gasteiger partial charge in [-0.05, 0) is 76.2 Å². The van der Waals surface area contributed by atoms with Gasteiger partial charge in [-0.15, -0.1) is 11.3 Å². The van der Waals surface area contributed by atoms with Crippen LogP contribution in [0.2, 0.25) is 0 Å². The summed E-state index contributed by atoms with van der Waals surface area (Å²) >= 11 is 1.97. The summed E-state index contributed by atoms with van der Waals surface area (Å²) < 4.78 is 2.88. The molecule has 0 N–H and O–H groups in total. The van der Waals surface area contributed by atoms with E-state index in [4.69, 9.17) is 0 Å². The second-order valence-corrected chi connectivity index (χ2v) is 9.08. The maximum absolute atomic E-state index is 2.49. The third-order valence-electron chi connectivity index (χ3n) is 6.53. The van der Waals surface area contributed by atoms with Crippen molar-refractivity contribution in [1.29, 1.82) is 0 Å². The third-order valence-corrected chi connectivity index (χ3v) is 7.74. The molecule has 0 fully saturated rings. The predicted octanol–water partition coefficient (Wildman–Crippen LogP) is 7.74. The lowest BCUT2D eigenvalue weighted by Crippen LogP contribution is -1.97. The Labute approximate surface area is 167 Å². The Hall–Kier alpha value is -2.90. The second-order valence-electron chi connectivity index (χ2n) is 8.02. The Morgan fingerprint density at radius 3 is 2.64 bits per heavy atom. The molecule has 1 heteroatoms. The maximum Gasteiger partial charge on any atom is 0.0437 e. The van der Waals surface area contributed by atoms with Crippen molar-refractivity contribution >= 4 is 48.4 Å². The minimum Gasteiger partial charge on any atom is -0.135 e. The highest BCUT2D eigenvalue weighted by atomic mass is 32.1. The van der Waals surface area contributed by atoms with Crippen LogP contribution in [0.3, 0.4) is 0 Å². The highest BCUT2D eigenvalue weighted by Gasteiger charge is 2.23. The van der Waals surface area contributed by atoms with Crippen LogP contribution in [0.5, 0.6) is 0 Å². The number of allylic oxidation sites excluding steroid dienone is 1. The molecule has 2 aliphatic rings. The smallest absolute Gasteiger partial charge is 0.0437 e. The number of hydrogen-bond acceptors (Lipinski definition) is 1. The van der Waals surface area contributed by atoms with Gasteiger partial charge in [0.25, 0.3) is 0 Å². The van der Waals surface area contributed by atoms with Crippen LogP contribution in [-0.4, -0.2) is 0 Å². The molecule has 0 bridgehead atoms. The number of thiophene rings is 1. The van der Waals surface area contributed by atoms with Crippen molar-refractivity contribution in [1.82, 2.24) is 0 Å². The standard InChI is InChI=1S/C27H18S/c1-2-8-18-16(7-1)13-17-14-24-23(15-22(17)18)19-9-3-4-10-20(19)26-21-11-5-6-12-25(21)28-27(24)26/h1-3,5-9,11-12,14-15H,4,10,13H2. The van der Waals surface area contributed by atoms with Gasteiger partial charge in [0.1, 0.15) is 0 Å². The first kappa shape index (κ1) is 15.1. The summed E-state index contributed by atoms with van der Waals surface area (Å²) in [6.45, 7) is 0. The van der Waals surface area contributed by atoms with E-state index in [1.54, 1.807) is 5.56 Å². The van der Waals surface area contributed by atoms with E-state index in [9.17, 15) is 0 Å².